The first kappa shape index (κ1) is 36.8. The number of alkyl halides is 3. The van der Waals surface area contributed by atoms with E-state index in [9.17, 15) is 23.1 Å². The molecule has 0 aliphatic carbocycles. The Bertz CT molecular complexity index is 2160. The van der Waals surface area contributed by atoms with Gasteiger partial charge in [0, 0.05) is 31.6 Å². The molecule has 2 saturated heterocycles. The molecule has 2 aromatic heterocycles. The van der Waals surface area contributed by atoms with E-state index in [2.05, 4.69) is 19.9 Å². The predicted octanol–water partition coefficient (Wildman–Crippen LogP) is 7.90. The van der Waals surface area contributed by atoms with Crippen molar-refractivity contribution in [1.29, 1.82) is 0 Å². The van der Waals surface area contributed by atoms with Crippen LogP contribution in [-0.2, 0) is 19.3 Å². The Morgan fingerprint density at radius 1 is 0.907 bits per heavy atom. The number of fused-ring (bicyclic) bond motifs is 3. The van der Waals surface area contributed by atoms with E-state index in [4.69, 9.17) is 21.1 Å². The molecule has 2 aliphatic rings. The van der Waals surface area contributed by atoms with E-state index in [0.717, 1.165) is 18.1 Å². The van der Waals surface area contributed by atoms with Gasteiger partial charge in [0.25, 0.3) is 0 Å². The number of halogens is 6. The Labute approximate surface area is 310 Å². The van der Waals surface area contributed by atoms with Crippen molar-refractivity contribution in [2.24, 2.45) is 0 Å². The van der Waals surface area contributed by atoms with Crippen molar-refractivity contribution in [2.75, 3.05) is 37.1 Å². The molecule has 5 aromatic rings. The van der Waals surface area contributed by atoms with Gasteiger partial charge in [-0.3, -0.25) is 4.90 Å². The Morgan fingerprint density at radius 2 is 1.46 bits per heavy atom. The summed E-state index contributed by atoms with van der Waals surface area (Å²) in [6, 6.07) is 14.5. The van der Waals surface area contributed by atoms with Gasteiger partial charge in [-0.25, -0.2) is 19.2 Å². The van der Waals surface area contributed by atoms with Crippen LogP contribution in [0.4, 0.5) is 38.5 Å². The molecular formula is C37H33ClF5N7O4. The normalized spacial score (nSPS) is 16.9. The SMILES string of the molecule is COc1ccc(CN(Cc2ccc(OC)cc2)c2nc(C)c(C(F)(F)F)c(-c3c(Cl)cc4c(N5CC6CCC(C5)N6C(=O)O)nc(F)nc4c3F)n2)cc1. The number of nitrogens with zero attached hydrogens (tertiary/aromatic N) is 7. The summed E-state index contributed by atoms with van der Waals surface area (Å²) in [5.74, 6) is -0.335. The zero-order valence-corrected chi connectivity index (χ0v) is 29.9. The minimum atomic E-state index is -5.05. The van der Waals surface area contributed by atoms with Gasteiger partial charge in [0.15, 0.2) is 5.82 Å². The highest BCUT2D eigenvalue weighted by atomic mass is 35.5. The van der Waals surface area contributed by atoms with Gasteiger partial charge >= 0.3 is 18.3 Å². The minimum Gasteiger partial charge on any atom is -0.497 e. The summed E-state index contributed by atoms with van der Waals surface area (Å²) in [4.78, 5) is 32.7. The summed E-state index contributed by atoms with van der Waals surface area (Å²) in [6.45, 7) is 1.69. The number of methoxy groups -OCH3 is 2. The van der Waals surface area contributed by atoms with Crippen LogP contribution in [0.15, 0.2) is 54.6 Å². The zero-order valence-electron chi connectivity index (χ0n) is 29.2. The molecule has 54 heavy (non-hydrogen) atoms. The van der Waals surface area contributed by atoms with Crippen LogP contribution in [0.2, 0.25) is 5.02 Å². The second kappa shape index (κ2) is 14.4. The first-order valence-corrected chi connectivity index (χ1v) is 17.2. The fourth-order valence-corrected chi connectivity index (χ4v) is 7.60. The van der Waals surface area contributed by atoms with E-state index < -0.39 is 69.3 Å². The molecule has 2 aliphatic heterocycles. The number of amides is 1. The number of hydrogen-bond donors (Lipinski definition) is 1. The lowest BCUT2D eigenvalue weighted by atomic mass is 10.0. The third-order valence-electron chi connectivity index (χ3n) is 9.78. The summed E-state index contributed by atoms with van der Waals surface area (Å²) in [7, 11) is 3.05. The molecule has 7 rings (SSSR count). The standard InChI is InChI=1S/C37H33ClF5N7O4/c1-19-29(37(41,42)43)32(46-35(44-19)49(15-20-4-10-24(53-2)11-5-20)16-21-6-12-25(54-3)13-7-21)28-27(38)14-26-31(30(28)39)45-34(40)47-33(26)48-17-22-8-9-23(18-48)50(22)36(51)52/h4-7,10-14,22-23H,8-9,15-18H2,1-3H3,(H,51,52). The zero-order chi connectivity index (χ0) is 38.5. The molecule has 1 N–H and O–H groups in total. The molecule has 4 heterocycles. The molecule has 3 aromatic carbocycles. The third kappa shape index (κ3) is 6.97. The number of carboxylic acid groups (broad SMARTS) is 1. The number of aromatic nitrogens is 4. The number of aryl methyl sites for hydroxylation is 1. The largest absolute Gasteiger partial charge is 0.497 e. The van der Waals surface area contributed by atoms with E-state index in [1.807, 2.05) is 0 Å². The van der Waals surface area contributed by atoms with Gasteiger partial charge in [-0.1, -0.05) is 35.9 Å². The number of ether oxygens (including phenoxy) is 2. The molecule has 0 radical (unpaired) electrons. The fraction of sp³-hybridized carbons (Fsp3) is 0.324. The molecule has 0 saturated carbocycles. The van der Waals surface area contributed by atoms with Crippen LogP contribution in [0.25, 0.3) is 22.2 Å². The summed E-state index contributed by atoms with van der Waals surface area (Å²) < 4.78 is 87.1. The summed E-state index contributed by atoms with van der Waals surface area (Å²) in [5, 5.41) is 9.20. The predicted molar refractivity (Wildman–Crippen MR) is 190 cm³/mol. The number of anilines is 2. The molecule has 2 unspecified atom stereocenters. The molecule has 2 bridgehead atoms. The molecule has 17 heteroatoms. The van der Waals surface area contributed by atoms with Crippen molar-refractivity contribution in [3.05, 3.63) is 93.9 Å². The maximum atomic E-state index is 16.8. The molecule has 1 amide bonds. The molecule has 282 valence electrons. The van der Waals surface area contributed by atoms with Gasteiger partial charge in [0.2, 0.25) is 5.95 Å². The van der Waals surface area contributed by atoms with Crippen LogP contribution in [0.1, 0.15) is 35.2 Å². The van der Waals surface area contributed by atoms with Crippen molar-refractivity contribution in [3.63, 3.8) is 0 Å². The van der Waals surface area contributed by atoms with Gasteiger partial charge in [-0.15, -0.1) is 0 Å². The van der Waals surface area contributed by atoms with Gasteiger partial charge in [0.1, 0.15) is 28.4 Å². The third-order valence-corrected chi connectivity index (χ3v) is 10.1. The lowest BCUT2D eigenvalue weighted by Gasteiger charge is -2.40. The van der Waals surface area contributed by atoms with Crippen LogP contribution < -0.4 is 19.3 Å². The van der Waals surface area contributed by atoms with Gasteiger partial charge in [-0.05, 0) is 61.2 Å². The van der Waals surface area contributed by atoms with Crippen molar-refractivity contribution in [2.45, 2.75) is 51.1 Å². The van der Waals surface area contributed by atoms with Crippen molar-refractivity contribution < 1.29 is 41.3 Å². The Hall–Kier alpha value is -5.51. The van der Waals surface area contributed by atoms with Crippen LogP contribution >= 0.6 is 11.6 Å². The van der Waals surface area contributed by atoms with E-state index in [-0.39, 0.29) is 43.3 Å². The molecule has 0 spiro atoms. The average molecular weight is 770 g/mol. The van der Waals surface area contributed by atoms with Gasteiger partial charge in [-0.2, -0.15) is 27.5 Å². The van der Waals surface area contributed by atoms with Crippen molar-refractivity contribution >= 4 is 40.4 Å². The Kier molecular flexibility index (Phi) is 9.81. The second-order valence-corrected chi connectivity index (χ2v) is 13.5. The number of piperazine rings is 1. The van der Waals surface area contributed by atoms with Gasteiger partial charge < -0.3 is 24.4 Å². The van der Waals surface area contributed by atoms with Crippen molar-refractivity contribution in [3.8, 4) is 22.8 Å². The smallest absolute Gasteiger partial charge is 0.420 e. The highest BCUT2D eigenvalue weighted by molar-refractivity contribution is 6.34. The molecule has 2 atom stereocenters. The van der Waals surface area contributed by atoms with Crippen LogP contribution in [0, 0.1) is 18.8 Å². The second-order valence-electron chi connectivity index (χ2n) is 13.1. The van der Waals surface area contributed by atoms with E-state index in [1.165, 1.54) is 25.2 Å². The van der Waals surface area contributed by atoms with Crippen LogP contribution in [0.5, 0.6) is 11.5 Å². The fourth-order valence-electron chi connectivity index (χ4n) is 7.32. The summed E-state index contributed by atoms with van der Waals surface area (Å²) >= 11 is 6.69. The van der Waals surface area contributed by atoms with Crippen molar-refractivity contribution in [1.82, 2.24) is 24.8 Å². The number of carbonyl (C=O) groups is 1. The number of hydrogen-bond acceptors (Lipinski definition) is 9. The molecule has 11 nitrogen and oxygen atoms in total. The highest BCUT2D eigenvalue weighted by Gasteiger charge is 2.44. The quantitative estimate of drug-likeness (QED) is 0.117. The lowest BCUT2D eigenvalue weighted by Crippen LogP contribution is -2.55. The maximum absolute atomic E-state index is 16.8. The monoisotopic (exact) mass is 769 g/mol. The maximum Gasteiger partial charge on any atom is 0.420 e. The first-order chi connectivity index (χ1) is 25.7. The summed E-state index contributed by atoms with van der Waals surface area (Å²) in [6.07, 6.45) is -6.31. The molecular weight excluding hydrogens is 737 g/mol. The summed E-state index contributed by atoms with van der Waals surface area (Å²) in [5.41, 5.74) is -2.51. The van der Waals surface area contributed by atoms with Crippen LogP contribution in [-0.4, -0.2) is 75.4 Å². The Morgan fingerprint density at radius 3 is 1.96 bits per heavy atom. The van der Waals surface area contributed by atoms with Crippen LogP contribution in [0.3, 0.4) is 0 Å². The van der Waals surface area contributed by atoms with E-state index in [1.54, 1.807) is 58.3 Å². The number of benzene rings is 3. The number of rotatable bonds is 9. The highest BCUT2D eigenvalue weighted by Crippen LogP contribution is 2.45. The first-order valence-electron chi connectivity index (χ1n) is 16.8. The van der Waals surface area contributed by atoms with E-state index >= 15 is 8.78 Å². The minimum absolute atomic E-state index is 0.0486. The van der Waals surface area contributed by atoms with Gasteiger partial charge in [0.05, 0.1) is 48.3 Å². The Balaban J connectivity index is 1.36. The van der Waals surface area contributed by atoms with E-state index in [0.29, 0.717) is 24.3 Å². The molecule has 2 fully saturated rings. The lowest BCUT2D eigenvalue weighted by molar-refractivity contribution is -0.138. The topological polar surface area (TPSA) is 117 Å². The average Bonchev–Trinajstić information content (AvgIpc) is 3.41.